The number of nitrogens with one attached hydrogen (secondary N) is 2. The highest BCUT2D eigenvalue weighted by atomic mass is 19.3. The number of alkyl halides is 2. The van der Waals surface area contributed by atoms with Gasteiger partial charge < -0.3 is 15.4 Å². The highest BCUT2D eigenvalue weighted by Gasteiger charge is 2.06. The quantitative estimate of drug-likeness (QED) is 0.767. The molecule has 0 aromatic carbocycles. The van der Waals surface area contributed by atoms with E-state index in [1.165, 1.54) is 0 Å². The summed E-state index contributed by atoms with van der Waals surface area (Å²) in [5.74, 6) is 1.38. The van der Waals surface area contributed by atoms with Gasteiger partial charge in [-0.2, -0.15) is 0 Å². The zero-order valence-electron chi connectivity index (χ0n) is 9.83. The summed E-state index contributed by atoms with van der Waals surface area (Å²) >= 11 is 0. The fourth-order valence-corrected chi connectivity index (χ4v) is 1.16. The van der Waals surface area contributed by atoms with Crippen molar-refractivity contribution in [2.24, 2.45) is 0 Å². The van der Waals surface area contributed by atoms with E-state index in [1.54, 1.807) is 13.1 Å². The second kappa shape index (κ2) is 6.95. The minimum atomic E-state index is -2.42. The van der Waals surface area contributed by atoms with Gasteiger partial charge in [0.2, 0.25) is 0 Å². The Morgan fingerprint density at radius 3 is 2.65 bits per heavy atom. The van der Waals surface area contributed by atoms with Crippen LogP contribution in [-0.2, 0) is 11.3 Å². The summed E-state index contributed by atoms with van der Waals surface area (Å²) in [6, 6.07) is 1.57. The molecular weight excluding hydrogens is 230 g/mol. The first-order valence-corrected chi connectivity index (χ1v) is 5.31. The van der Waals surface area contributed by atoms with Crippen molar-refractivity contribution in [3.63, 3.8) is 0 Å². The Kier molecular flexibility index (Phi) is 5.55. The van der Waals surface area contributed by atoms with Crippen LogP contribution in [0.4, 0.5) is 20.4 Å². The zero-order chi connectivity index (χ0) is 12.7. The summed E-state index contributed by atoms with van der Waals surface area (Å²) in [5, 5.41) is 5.38. The molecule has 0 aliphatic heterocycles. The molecule has 0 fully saturated rings. The van der Waals surface area contributed by atoms with Crippen molar-refractivity contribution in [2.45, 2.75) is 20.0 Å². The summed E-state index contributed by atoms with van der Waals surface area (Å²) in [6.45, 7) is 2.23. The molecule has 0 spiro atoms. The molecule has 17 heavy (non-hydrogen) atoms. The predicted molar refractivity (Wildman–Crippen MR) is 61.4 cm³/mol. The van der Waals surface area contributed by atoms with Gasteiger partial charge in [-0.05, 0) is 6.92 Å². The lowest BCUT2D eigenvalue weighted by molar-refractivity contribution is 0.128. The summed E-state index contributed by atoms with van der Waals surface area (Å²) in [4.78, 5) is 8.21. The number of anilines is 2. The van der Waals surface area contributed by atoms with E-state index in [0.29, 0.717) is 24.1 Å². The largest absolute Gasteiger partial charge is 0.374 e. The van der Waals surface area contributed by atoms with E-state index in [-0.39, 0.29) is 6.61 Å². The normalized spacial score (nSPS) is 10.6. The molecule has 0 aliphatic rings. The van der Waals surface area contributed by atoms with Gasteiger partial charge in [0.05, 0.1) is 6.54 Å². The topological polar surface area (TPSA) is 59.1 Å². The smallest absolute Gasteiger partial charge is 0.255 e. The van der Waals surface area contributed by atoms with Gasteiger partial charge in [-0.25, -0.2) is 18.7 Å². The van der Waals surface area contributed by atoms with E-state index < -0.39 is 13.0 Å². The molecule has 0 unspecified atom stereocenters. The maximum Gasteiger partial charge on any atom is 0.255 e. The second-order valence-corrected chi connectivity index (χ2v) is 3.21. The number of aromatic nitrogens is 2. The van der Waals surface area contributed by atoms with Gasteiger partial charge in [0, 0.05) is 19.7 Å². The second-order valence-electron chi connectivity index (χ2n) is 3.21. The Balaban J connectivity index is 2.73. The molecule has 96 valence electrons. The van der Waals surface area contributed by atoms with Gasteiger partial charge in [0.25, 0.3) is 6.43 Å². The Bertz CT molecular complexity index is 349. The molecule has 0 saturated heterocycles. The molecular formula is C10H16F2N4O. The van der Waals surface area contributed by atoms with Crippen molar-refractivity contribution < 1.29 is 13.5 Å². The molecule has 5 nitrogen and oxygen atoms in total. The van der Waals surface area contributed by atoms with Crippen molar-refractivity contribution in [2.75, 3.05) is 30.8 Å². The van der Waals surface area contributed by atoms with Crippen molar-refractivity contribution in [1.82, 2.24) is 9.97 Å². The fraction of sp³-hybridized carbons (Fsp3) is 0.600. The summed E-state index contributed by atoms with van der Waals surface area (Å²) in [6.07, 6.45) is -2.42. The predicted octanol–water partition coefficient (Wildman–Crippen LogP) is 1.73. The van der Waals surface area contributed by atoms with Crippen molar-refractivity contribution in [3.8, 4) is 0 Å². The van der Waals surface area contributed by atoms with Gasteiger partial charge in [0.1, 0.15) is 18.2 Å². The van der Waals surface area contributed by atoms with Crippen LogP contribution < -0.4 is 10.6 Å². The first kappa shape index (κ1) is 13.6. The van der Waals surface area contributed by atoms with E-state index in [1.807, 2.05) is 6.92 Å². The van der Waals surface area contributed by atoms with Crippen molar-refractivity contribution in [3.05, 3.63) is 11.9 Å². The Labute approximate surface area is 98.6 Å². The molecule has 1 rings (SSSR count). The van der Waals surface area contributed by atoms with Crippen LogP contribution in [0, 0.1) is 0 Å². The number of nitrogens with zero attached hydrogens (tertiary/aromatic N) is 2. The van der Waals surface area contributed by atoms with Gasteiger partial charge in [-0.1, -0.05) is 0 Å². The standard InChI is InChI=1S/C10H16F2N4O/c1-3-17-6-10-15-8(13-2)4-9(16-10)14-5-7(11)12/h4,7H,3,5-6H2,1-2H3,(H2,13,14,15,16). The van der Waals surface area contributed by atoms with Crippen LogP contribution in [0.1, 0.15) is 12.7 Å². The number of halogens is 2. The number of rotatable bonds is 7. The highest BCUT2D eigenvalue weighted by molar-refractivity contribution is 5.47. The maximum absolute atomic E-state index is 12.1. The first-order valence-electron chi connectivity index (χ1n) is 5.31. The van der Waals surface area contributed by atoms with Crippen LogP contribution >= 0.6 is 0 Å². The molecule has 1 aromatic heterocycles. The van der Waals surface area contributed by atoms with Crippen LogP contribution in [0.5, 0.6) is 0 Å². The van der Waals surface area contributed by atoms with E-state index >= 15 is 0 Å². The Morgan fingerprint density at radius 2 is 2.06 bits per heavy atom. The SMILES string of the molecule is CCOCc1nc(NC)cc(NCC(F)F)n1. The van der Waals surface area contributed by atoms with Crippen molar-refractivity contribution in [1.29, 1.82) is 0 Å². The summed E-state index contributed by atoms with van der Waals surface area (Å²) in [5.41, 5.74) is 0. The fourth-order valence-electron chi connectivity index (χ4n) is 1.16. The molecule has 7 heteroatoms. The molecule has 1 heterocycles. The minimum Gasteiger partial charge on any atom is -0.374 e. The first-order chi connectivity index (χ1) is 8.15. The minimum absolute atomic E-state index is 0.259. The third-order valence-corrected chi connectivity index (χ3v) is 1.90. The molecule has 0 radical (unpaired) electrons. The van der Waals surface area contributed by atoms with Crippen molar-refractivity contribution >= 4 is 11.6 Å². The average molecular weight is 246 g/mol. The third kappa shape index (κ3) is 4.90. The Morgan fingerprint density at radius 1 is 1.35 bits per heavy atom. The van der Waals surface area contributed by atoms with Crippen LogP contribution in [0.2, 0.25) is 0 Å². The van der Waals surface area contributed by atoms with Gasteiger partial charge in [0.15, 0.2) is 5.82 Å². The highest BCUT2D eigenvalue weighted by Crippen LogP contribution is 2.12. The molecule has 0 atom stereocenters. The number of hydrogen-bond acceptors (Lipinski definition) is 5. The lowest BCUT2D eigenvalue weighted by atomic mass is 10.4. The van der Waals surface area contributed by atoms with Gasteiger partial charge in [-0.3, -0.25) is 0 Å². The maximum atomic E-state index is 12.1. The number of hydrogen-bond donors (Lipinski definition) is 2. The van der Waals surface area contributed by atoms with Crippen LogP contribution in [0.15, 0.2) is 6.07 Å². The zero-order valence-corrected chi connectivity index (χ0v) is 9.83. The Hall–Kier alpha value is -1.50. The van der Waals surface area contributed by atoms with Crippen LogP contribution in [0.3, 0.4) is 0 Å². The van der Waals surface area contributed by atoms with E-state index in [2.05, 4.69) is 20.6 Å². The third-order valence-electron chi connectivity index (χ3n) is 1.90. The summed E-state index contributed by atoms with van der Waals surface area (Å²) < 4.78 is 29.3. The van der Waals surface area contributed by atoms with Gasteiger partial charge in [-0.15, -0.1) is 0 Å². The van der Waals surface area contributed by atoms with Gasteiger partial charge >= 0.3 is 0 Å². The molecule has 0 aliphatic carbocycles. The van der Waals surface area contributed by atoms with E-state index in [9.17, 15) is 8.78 Å². The molecule has 0 saturated carbocycles. The average Bonchev–Trinajstić information content (AvgIpc) is 2.33. The summed E-state index contributed by atoms with van der Waals surface area (Å²) in [7, 11) is 1.70. The van der Waals surface area contributed by atoms with E-state index in [4.69, 9.17) is 4.74 Å². The van der Waals surface area contributed by atoms with Crippen LogP contribution in [0.25, 0.3) is 0 Å². The lowest BCUT2D eigenvalue weighted by Crippen LogP contribution is -2.13. The van der Waals surface area contributed by atoms with Crippen LogP contribution in [-0.4, -0.2) is 36.6 Å². The molecule has 0 amide bonds. The molecule has 0 bridgehead atoms. The lowest BCUT2D eigenvalue weighted by Gasteiger charge is -2.09. The molecule has 1 aromatic rings. The molecule has 2 N–H and O–H groups in total. The van der Waals surface area contributed by atoms with E-state index in [0.717, 1.165) is 0 Å². The monoisotopic (exact) mass is 246 g/mol. The number of ether oxygens (including phenoxy) is 1.